The van der Waals surface area contributed by atoms with Crippen molar-refractivity contribution in [3.8, 4) is 5.75 Å². The number of ether oxygens (including phenoxy) is 1. The van der Waals surface area contributed by atoms with E-state index in [4.69, 9.17) is 9.73 Å². The molecule has 0 spiro atoms. The van der Waals surface area contributed by atoms with Crippen LogP contribution in [0.15, 0.2) is 41.7 Å². The first-order chi connectivity index (χ1) is 14.7. The summed E-state index contributed by atoms with van der Waals surface area (Å²) in [6.45, 7) is 6.77. The van der Waals surface area contributed by atoms with Crippen LogP contribution in [-0.4, -0.2) is 60.5 Å². The summed E-state index contributed by atoms with van der Waals surface area (Å²) in [5, 5.41) is 11.1. The molecule has 1 fully saturated rings. The fourth-order valence-electron chi connectivity index (χ4n) is 4.03. The Bertz CT molecular complexity index is 796. The van der Waals surface area contributed by atoms with Crippen LogP contribution in [0.5, 0.6) is 5.75 Å². The maximum atomic E-state index is 5.65. The first-order valence-corrected chi connectivity index (χ1v) is 11.1. The number of likely N-dealkylation sites (tertiary alicyclic amines) is 1. The molecule has 0 bridgehead atoms. The standard InChI is InChI=1S/C23H36N6O/c1-4-24-23(25-13-9-10-19-16-27-28(2)18-19)26-17-21(29-14-7-8-15-29)20-11-5-6-12-22(20)30-3/h5-6,11-12,16,18,21H,4,7-10,13-15,17H2,1-3H3,(H2,24,25,26). The van der Waals surface area contributed by atoms with Crippen molar-refractivity contribution in [3.63, 3.8) is 0 Å². The van der Waals surface area contributed by atoms with Crippen LogP contribution in [0.25, 0.3) is 0 Å². The number of hydrogen-bond donors (Lipinski definition) is 2. The van der Waals surface area contributed by atoms with Crippen LogP contribution in [0, 0.1) is 0 Å². The number of benzene rings is 1. The minimum atomic E-state index is 0.231. The SMILES string of the molecule is CCNC(=NCC(c1ccccc1OC)N1CCCC1)NCCCc1cnn(C)c1. The van der Waals surface area contributed by atoms with E-state index in [2.05, 4.69) is 45.9 Å². The summed E-state index contributed by atoms with van der Waals surface area (Å²) in [7, 11) is 3.70. The number of aromatic nitrogens is 2. The number of hydrogen-bond acceptors (Lipinski definition) is 4. The third-order valence-corrected chi connectivity index (χ3v) is 5.54. The minimum Gasteiger partial charge on any atom is -0.496 e. The van der Waals surface area contributed by atoms with Crippen LogP contribution in [0.3, 0.4) is 0 Å². The minimum absolute atomic E-state index is 0.231. The van der Waals surface area contributed by atoms with E-state index >= 15 is 0 Å². The second kappa shape index (κ2) is 11.6. The lowest BCUT2D eigenvalue weighted by molar-refractivity contribution is 0.245. The molecule has 1 unspecified atom stereocenters. The van der Waals surface area contributed by atoms with Gasteiger partial charge in [-0.1, -0.05) is 18.2 Å². The summed E-state index contributed by atoms with van der Waals surface area (Å²) in [6.07, 6.45) is 8.57. The molecule has 0 radical (unpaired) electrons. The topological polar surface area (TPSA) is 66.7 Å². The molecule has 164 valence electrons. The van der Waals surface area contributed by atoms with E-state index in [1.54, 1.807) is 7.11 Å². The first-order valence-electron chi connectivity index (χ1n) is 11.1. The Morgan fingerprint density at radius 3 is 2.73 bits per heavy atom. The van der Waals surface area contributed by atoms with Crippen LogP contribution in [0.1, 0.15) is 43.4 Å². The Kier molecular flexibility index (Phi) is 8.56. The molecule has 0 aliphatic carbocycles. The molecule has 7 nitrogen and oxygen atoms in total. The van der Waals surface area contributed by atoms with Gasteiger partial charge in [0.05, 0.1) is 25.9 Å². The van der Waals surface area contributed by atoms with Crippen molar-refractivity contribution in [2.24, 2.45) is 12.0 Å². The summed E-state index contributed by atoms with van der Waals surface area (Å²) in [5.74, 6) is 1.82. The molecule has 0 saturated carbocycles. The zero-order valence-corrected chi connectivity index (χ0v) is 18.6. The molecule has 1 atom stereocenters. The Morgan fingerprint density at radius 1 is 1.23 bits per heavy atom. The van der Waals surface area contributed by atoms with Crippen molar-refractivity contribution in [2.45, 2.75) is 38.6 Å². The summed E-state index contributed by atoms with van der Waals surface area (Å²) >= 11 is 0. The number of nitrogens with zero attached hydrogens (tertiary/aromatic N) is 4. The highest BCUT2D eigenvalue weighted by Gasteiger charge is 2.25. The van der Waals surface area contributed by atoms with E-state index in [0.717, 1.165) is 50.7 Å². The van der Waals surface area contributed by atoms with Gasteiger partial charge in [-0.2, -0.15) is 5.10 Å². The smallest absolute Gasteiger partial charge is 0.191 e. The van der Waals surface area contributed by atoms with Crippen LogP contribution in [-0.2, 0) is 13.5 Å². The Morgan fingerprint density at radius 2 is 2.03 bits per heavy atom. The van der Waals surface area contributed by atoms with Crippen molar-refractivity contribution < 1.29 is 4.74 Å². The molecule has 2 N–H and O–H groups in total. The zero-order chi connectivity index (χ0) is 21.2. The van der Waals surface area contributed by atoms with E-state index in [0.29, 0.717) is 6.54 Å². The number of aliphatic imine (C=N–C) groups is 1. The van der Waals surface area contributed by atoms with Crippen LogP contribution >= 0.6 is 0 Å². The molecule has 3 rings (SSSR count). The van der Waals surface area contributed by atoms with Crippen molar-refractivity contribution in [1.82, 2.24) is 25.3 Å². The largest absolute Gasteiger partial charge is 0.496 e. The quantitative estimate of drug-likeness (QED) is 0.357. The van der Waals surface area contributed by atoms with Gasteiger partial charge in [0.2, 0.25) is 0 Å². The van der Waals surface area contributed by atoms with E-state index < -0.39 is 0 Å². The monoisotopic (exact) mass is 412 g/mol. The number of guanidine groups is 1. The second-order valence-electron chi connectivity index (χ2n) is 7.77. The van der Waals surface area contributed by atoms with Crippen molar-refractivity contribution >= 4 is 5.96 Å². The lowest BCUT2D eigenvalue weighted by atomic mass is 10.0. The van der Waals surface area contributed by atoms with E-state index in [1.807, 2.05) is 30.1 Å². The lowest BCUT2D eigenvalue weighted by Crippen LogP contribution is -2.39. The van der Waals surface area contributed by atoms with Crippen LogP contribution < -0.4 is 15.4 Å². The number of aryl methyl sites for hydroxylation is 2. The summed E-state index contributed by atoms with van der Waals surface area (Å²) in [5.41, 5.74) is 2.49. The van der Waals surface area contributed by atoms with Crippen molar-refractivity contribution in [3.05, 3.63) is 47.8 Å². The van der Waals surface area contributed by atoms with Gasteiger partial charge in [0, 0.05) is 31.9 Å². The van der Waals surface area contributed by atoms with Crippen LogP contribution in [0.4, 0.5) is 0 Å². The third-order valence-electron chi connectivity index (χ3n) is 5.54. The molecule has 2 heterocycles. The van der Waals surface area contributed by atoms with Gasteiger partial charge in [-0.25, -0.2) is 0 Å². The lowest BCUT2D eigenvalue weighted by Gasteiger charge is -2.28. The normalized spacial score (nSPS) is 15.9. The second-order valence-corrected chi connectivity index (χ2v) is 7.77. The van der Waals surface area contributed by atoms with Crippen LogP contribution in [0.2, 0.25) is 0 Å². The van der Waals surface area contributed by atoms with Gasteiger partial charge in [0.25, 0.3) is 0 Å². The number of methoxy groups -OCH3 is 1. The van der Waals surface area contributed by atoms with Gasteiger partial charge >= 0.3 is 0 Å². The molecule has 1 saturated heterocycles. The molecule has 1 aromatic heterocycles. The van der Waals surface area contributed by atoms with Crippen molar-refractivity contribution in [2.75, 3.05) is 39.8 Å². The Hall–Kier alpha value is -2.54. The number of nitrogens with one attached hydrogen (secondary N) is 2. The van der Waals surface area contributed by atoms with Gasteiger partial charge in [-0.3, -0.25) is 14.6 Å². The molecule has 7 heteroatoms. The maximum absolute atomic E-state index is 5.65. The zero-order valence-electron chi connectivity index (χ0n) is 18.6. The predicted molar refractivity (Wildman–Crippen MR) is 122 cm³/mol. The molecule has 0 amide bonds. The van der Waals surface area contributed by atoms with Gasteiger partial charge in [-0.15, -0.1) is 0 Å². The van der Waals surface area contributed by atoms with Gasteiger partial charge in [-0.05, 0) is 57.3 Å². The fraction of sp³-hybridized carbons (Fsp3) is 0.565. The molecule has 1 aliphatic rings. The third kappa shape index (κ3) is 6.23. The molecule has 1 aromatic carbocycles. The Labute approximate surface area is 180 Å². The Balaban J connectivity index is 1.63. The molecular formula is C23H36N6O. The summed E-state index contributed by atoms with van der Waals surface area (Å²) in [4.78, 5) is 7.47. The van der Waals surface area contributed by atoms with E-state index in [-0.39, 0.29) is 6.04 Å². The van der Waals surface area contributed by atoms with Gasteiger partial charge < -0.3 is 15.4 Å². The molecule has 2 aromatic rings. The predicted octanol–water partition coefficient (Wildman–Crippen LogP) is 2.75. The van der Waals surface area contributed by atoms with Gasteiger partial charge in [0.1, 0.15) is 5.75 Å². The highest BCUT2D eigenvalue weighted by Crippen LogP contribution is 2.31. The van der Waals surface area contributed by atoms with Gasteiger partial charge in [0.15, 0.2) is 5.96 Å². The first kappa shape index (κ1) is 22.2. The fourth-order valence-corrected chi connectivity index (χ4v) is 4.03. The molecule has 1 aliphatic heterocycles. The highest BCUT2D eigenvalue weighted by atomic mass is 16.5. The number of para-hydroxylation sites is 1. The molecule has 30 heavy (non-hydrogen) atoms. The average molecular weight is 413 g/mol. The number of rotatable bonds is 10. The summed E-state index contributed by atoms with van der Waals surface area (Å²) < 4.78 is 7.50. The summed E-state index contributed by atoms with van der Waals surface area (Å²) in [6, 6.07) is 8.57. The van der Waals surface area contributed by atoms with Crippen molar-refractivity contribution in [1.29, 1.82) is 0 Å². The molecular weight excluding hydrogens is 376 g/mol. The van der Waals surface area contributed by atoms with E-state index in [9.17, 15) is 0 Å². The average Bonchev–Trinajstić information content (AvgIpc) is 3.43. The van der Waals surface area contributed by atoms with E-state index in [1.165, 1.54) is 24.0 Å². The maximum Gasteiger partial charge on any atom is 0.191 e. The highest BCUT2D eigenvalue weighted by molar-refractivity contribution is 5.79.